The first-order valence-electron chi connectivity index (χ1n) is 7.01. The molecular formula is C16H18N4O. The molecule has 1 aromatic carbocycles. The van der Waals surface area contributed by atoms with Crippen LogP contribution in [0, 0.1) is 6.92 Å². The summed E-state index contributed by atoms with van der Waals surface area (Å²) in [5, 5.41) is 2.97. The molecule has 1 aliphatic rings. The van der Waals surface area contributed by atoms with Crippen molar-refractivity contribution in [3.05, 3.63) is 59.9 Å². The summed E-state index contributed by atoms with van der Waals surface area (Å²) in [5.74, 6) is -0.0248. The van der Waals surface area contributed by atoms with Crippen molar-refractivity contribution < 1.29 is 4.79 Å². The van der Waals surface area contributed by atoms with Gasteiger partial charge in [0.15, 0.2) is 0 Å². The molecule has 0 saturated carbocycles. The zero-order valence-electron chi connectivity index (χ0n) is 11.8. The predicted molar refractivity (Wildman–Crippen MR) is 81.5 cm³/mol. The maximum Gasteiger partial charge on any atom is 0.242 e. The highest BCUT2D eigenvalue weighted by atomic mass is 16.2. The SMILES string of the molecule is Cc1ccccc1NC(=O)C1CC(c2cccnc2)NN1. The molecule has 1 saturated heterocycles. The van der Waals surface area contributed by atoms with Crippen molar-refractivity contribution in [1.82, 2.24) is 15.8 Å². The molecule has 3 N–H and O–H groups in total. The molecule has 0 radical (unpaired) electrons. The molecule has 5 heteroatoms. The fourth-order valence-electron chi connectivity index (χ4n) is 2.46. The van der Waals surface area contributed by atoms with Gasteiger partial charge in [-0.25, -0.2) is 10.9 Å². The van der Waals surface area contributed by atoms with Crippen molar-refractivity contribution in [3.8, 4) is 0 Å². The quantitative estimate of drug-likeness (QED) is 0.805. The second-order valence-electron chi connectivity index (χ2n) is 5.22. The highest BCUT2D eigenvalue weighted by Crippen LogP contribution is 2.22. The van der Waals surface area contributed by atoms with Crippen LogP contribution >= 0.6 is 0 Å². The van der Waals surface area contributed by atoms with Crippen molar-refractivity contribution >= 4 is 11.6 Å². The van der Waals surface area contributed by atoms with Crippen LogP contribution in [0.5, 0.6) is 0 Å². The molecule has 5 nitrogen and oxygen atoms in total. The number of para-hydroxylation sites is 1. The van der Waals surface area contributed by atoms with Crippen molar-refractivity contribution in [2.75, 3.05) is 5.32 Å². The lowest BCUT2D eigenvalue weighted by molar-refractivity contribution is -0.117. The number of anilines is 1. The molecule has 2 atom stereocenters. The second kappa shape index (κ2) is 6.03. The van der Waals surface area contributed by atoms with Gasteiger partial charge in [-0.2, -0.15) is 0 Å². The molecule has 2 unspecified atom stereocenters. The summed E-state index contributed by atoms with van der Waals surface area (Å²) < 4.78 is 0. The molecule has 1 amide bonds. The van der Waals surface area contributed by atoms with Crippen LogP contribution in [0.2, 0.25) is 0 Å². The fourth-order valence-corrected chi connectivity index (χ4v) is 2.46. The molecule has 2 aromatic rings. The number of rotatable bonds is 3. The molecule has 0 aliphatic carbocycles. The lowest BCUT2D eigenvalue weighted by atomic mass is 10.0. The van der Waals surface area contributed by atoms with Gasteiger partial charge >= 0.3 is 0 Å². The van der Waals surface area contributed by atoms with Gasteiger partial charge in [0, 0.05) is 24.1 Å². The summed E-state index contributed by atoms with van der Waals surface area (Å²) in [6, 6.07) is 11.5. The molecule has 1 aliphatic heterocycles. The molecule has 0 spiro atoms. The van der Waals surface area contributed by atoms with E-state index in [0.717, 1.165) is 16.8 Å². The first-order valence-corrected chi connectivity index (χ1v) is 7.01. The standard InChI is InChI=1S/C16H18N4O/c1-11-5-2-3-7-13(11)18-16(21)15-9-14(19-20-15)12-6-4-8-17-10-12/h2-8,10,14-15,19-20H,9H2,1H3,(H,18,21). The van der Waals surface area contributed by atoms with E-state index in [-0.39, 0.29) is 18.0 Å². The number of hydrogen-bond donors (Lipinski definition) is 3. The van der Waals surface area contributed by atoms with Crippen LogP contribution in [0.25, 0.3) is 0 Å². The van der Waals surface area contributed by atoms with Crippen LogP contribution in [-0.4, -0.2) is 16.9 Å². The van der Waals surface area contributed by atoms with Gasteiger partial charge in [0.25, 0.3) is 0 Å². The van der Waals surface area contributed by atoms with E-state index in [1.165, 1.54) is 0 Å². The number of aryl methyl sites for hydroxylation is 1. The number of nitrogens with one attached hydrogen (secondary N) is 3. The highest BCUT2D eigenvalue weighted by Gasteiger charge is 2.30. The maximum absolute atomic E-state index is 12.3. The monoisotopic (exact) mass is 282 g/mol. The Kier molecular flexibility index (Phi) is 3.94. The van der Waals surface area contributed by atoms with Gasteiger partial charge < -0.3 is 5.32 Å². The number of carbonyl (C=O) groups is 1. The fraction of sp³-hybridized carbons (Fsp3) is 0.250. The molecule has 0 bridgehead atoms. The Balaban J connectivity index is 1.64. The average Bonchev–Trinajstić information content (AvgIpc) is 3.00. The lowest BCUT2D eigenvalue weighted by Crippen LogP contribution is -2.39. The molecule has 1 fully saturated rings. The van der Waals surface area contributed by atoms with Gasteiger partial charge in [0.1, 0.15) is 6.04 Å². The molecule has 3 rings (SSSR count). The minimum absolute atomic E-state index is 0.0248. The summed E-state index contributed by atoms with van der Waals surface area (Å²) in [4.78, 5) is 16.4. The number of carbonyl (C=O) groups excluding carboxylic acids is 1. The van der Waals surface area contributed by atoms with E-state index in [1.54, 1.807) is 6.20 Å². The maximum atomic E-state index is 12.3. The van der Waals surface area contributed by atoms with Crippen molar-refractivity contribution in [2.45, 2.75) is 25.4 Å². The predicted octanol–water partition coefficient (Wildman–Crippen LogP) is 1.94. The van der Waals surface area contributed by atoms with Gasteiger partial charge in [-0.15, -0.1) is 0 Å². The van der Waals surface area contributed by atoms with Crippen molar-refractivity contribution in [1.29, 1.82) is 0 Å². The molecule has 2 heterocycles. The number of hydrogen-bond acceptors (Lipinski definition) is 4. The Hall–Kier alpha value is -2.24. The lowest BCUT2D eigenvalue weighted by Gasteiger charge is -2.12. The van der Waals surface area contributed by atoms with Crippen LogP contribution in [0.1, 0.15) is 23.6 Å². The van der Waals surface area contributed by atoms with Gasteiger partial charge in [-0.3, -0.25) is 9.78 Å². The van der Waals surface area contributed by atoms with E-state index in [9.17, 15) is 4.79 Å². The number of hydrazine groups is 1. The van der Waals surface area contributed by atoms with Gasteiger partial charge in [-0.1, -0.05) is 24.3 Å². The van der Waals surface area contributed by atoms with E-state index in [2.05, 4.69) is 21.2 Å². The van der Waals surface area contributed by atoms with Gasteiger partial charge in [0.05, 0.1) is 0 Å². The van der Waals surface area contributed by atoms with E-state index in [4.69, 9.17) is 0 Å². The Morgan fingerprint density at radius 1 is 1.24 bits per heavy atom. The number of benzene rings is 1. The van der Waals surface area contributed by atoms with E-state index in [1.807, 2.05) is 49.5 Å². The zero-order valence-corrected chi connectivity index (χ0v) is 11.8. The Morgan fingerprint density at radius 2 is 2.10 bits per heavy atom. The van der Waals surface area contributed by atoms with Crippen molar-refractivity contribution in [3.63, 3.8) is 0 Å². The largest absolute Gasteiger partial charge is 0.324 e. The van der Waals surface area contributed by atoms with Crippen LogP contribution < -0.4 is 16.2 Å². The summed E-state index contributed by atoms with van der Waals surface area (Å²) in [6.07, 6.45) is 4.26. The third-order valence-electron chi connectivity index (χ3n) is 3.71. The average molecular weight is 282 g/mol. The van der Waals surface area contributed by atoms with Gasteiger partial charge in [-0.05, 0) is 36.6 Å². The molecule has 108 valence electrons. The highest BCUT2D eigenvalue weighted by molar-refractivity contribution is 5.95. The van der Waals surface area contributed by atoms with Gasteiger partial charge in [0.2, 0.25) is 5.91 Å². The van der Waals surface area contributed by atoms with Crippen LogP contribution in [0.15, 0.2) is 48.8 Å². The smallest absolute Gasteiger partial charge is 0.242 e. The number of amides is 1. The summed E-state index contributed by atoms with van der Waals surface area (Å²) in [6.45, 7) is 1.98. The zero-order chi connectivity index (χ0) is 14.7. The normalized spacial score (nSPS) is 21.2. The van der Waals surface area contributed by atoms with E-state index in [0.29, 0.717) is 6.42 Å². The Morgan fingerprint density at radius 3 is 2.86 bits per heavy atom. The number of nitrogens with zero attached hydrogens (tertiary/aromatic N) is 1. The molecular weight excluding hydrogens is 264 g/mol. The molecule has 1 aromatic heterocycles. The number of aromatic nitrogens is 1. The Labute approximate surface area is 123 Å². The first kappa shape index (κ1) is 13.7. The van der Waals surface area contributed by atoms with E-state index < -0.39 is 0 Å². The van der Waals surface area contributed by atoms with Crippen LogP contribution in [0.3, 0.4) is 0 Å². The third kappa shape index (κ3) is 3.09. The van der Waals surface area contributed by atoms with Crippen molar-refractivity contribution in [2.24, 2.45) is 0 Å². The minimum atomic E-state index is -0.255. The van der Waals surface area contributed by atoms with Crippen LogP contribution in [-0.2, 0) is 4.79 Å². The molecule has 21 heavy (non-hydrogen) atoms. The second-order valence-corrected chi connectivity index (χ2v) is 5.22. The summed E-state index contributed by atoms with van der Waals surface area (Å²) in [7, 11) is 0. The topological polar surface area (TPSA) is 66.0 Å². The van der Waals surface area contributed by atoms with E-state index >= 15 is 0 Å². The third-order valence-corrected chi connectivity index (χ3v) is 3.71. The summed E-state index contributed by atoms with van der Waals surface area (Å²) in [5.41, 5.74) is 9.20. The minimum Gasteiger partial charge on any atom is -0.324 e. The number of pyridine rings is 1. The Bertz CT molecular complexity index is 629. The van der Waals surface area contributed by atoms with Crippen LogP contribution in [0.4, 0.5) is 5.69 Å². The first-order chi connectivity index (χ1) is 10.2. The summed E-state index contributed by atoms with van der Waals surface area (Å²) >= 11 is 0.